The van der Waals surface area contributed by atoms with Crippen molar-refractivity contribution >= 4 is 23.2 Å². The summed E-state index contributed by atoms with van der Waals surface area (Å²) in [4.78, 5) is 24.1. The van der Waals surface area contributed by atoms with Crippen LogP contribution in [0.5, 0.6) is 11.5 Å². The molecule has 2 amide bonds. The maximum absolute atomic E-state index is 12.0. The Morgan fingerprint density at radius 3 is 1.46 bits per heavy atom. The molecule has 0 heterocycles. The quantitative estimate of drug-likeness (QED) is 0.759. The molecule has 6 heteroatoms. The Bertz CT molecular complexity index is 841. The molecule has 28 heavy (non-hydrogen) atoms. The lowest BCUT2D eigenvalue weighted by Crippen LogP contribution is -2.14. The average Bonchev–Trinajstić information content (AvgIpc) is 3.59. The second-order valence-corrected chi connectivity index (χ2v) is 7.36. The largest absolute Gasteiger partial charge is 0.495 e. The summed E-state index contributed by atoms with van der Waals surface area (Å²) in [6, 6.07) is 11.3. The van der Waals surface area contributed by atoms with Crippen LogP contribution < -0.4 is 20.1 Å². The SMILES string of the molecule is COc1cc(-c2ccc(NC(=O)C3CC3)c(OC)c2)ccc1NC(=O)C1CC1. The second kappa shape index (κ2) is 7.54. The molecule has 0 unspecified atom stereocenters. The zero-order valence-electron chi connectivity index (χ0n) is 16.1. The van der Waals surface area contributed by atoms with E-state index in [0.29, 0.717) is 22.9 Å². The number of hydrogen-bond acceptors (Lipinski definition) is 4. The van der Waals surface area contributed by atoms with Crippen molar-refractivity contribution in [3.05, 3.63) is 36.4 Å². The lowest BCUT2D eigenvalue weighted by Gasteiger charge is -2.14. The minimum absolute atomic E-state index is 0.0449. The number of carbonyl (C=O) groups is 2. The standard InChI is InChI=1S/C22H24N2O4/c1-27-19-11-15(7-9-17(19)23-21(25)13-3-4-13)16-8-10-18(20(12-16)28-2)24-22(26)14-5-6-14/h7-14H,3-6H2,1-2H3,(H,23,25)(H,24,26). The van der Waals surface area contributed by atoms with Gasteiger partial charge in [0.25, 0.3) is 0 Å². The Morgan fingerprint density at radius 1 is 0.750 bits per heavy atom. The van der Waals surface area contributed by atoms with E-state index in [9.17, 15) is 9.59 Å². The lowest BCUT2D eigenvalue weighted by molar-refractivity contribution is -0.118. The Labute approximate surface area is 164 Å². The van der Waals surface area contributed by atoms with Crippen LogP contribution in [0.4, 0.5) is 11.4 Å². The highest BCUT2D eigenvalue weighted by molar-refractivity contribution is 5.97. The van der Waals surface area contributed by atoms with E-state index in [1.54, 1.807) is 14.2 Å². The molecule has 2 aromatic carbocycles. The Kier molecular flexibility index (Phi) is 4.94. The number of ether oxygens (including phenoxy) is 2. The van der Waals surface area contributed by atoms with Crippen LogP contribution in [0, 0.1) is 11.8 Å². The number of carbonyl (C=O) groups excluding carboxylic acids is 2. The van der Waals surface area contributed by atoms with Crippen molar-refractivity contribution < 1.29 is 19.1 Å². The van der Waals surface area contributed by atoms with Crippen LogP contribution in [0.25, 0.3) is 11.1 Å². The smallest absolute Gasteiger partial charge is 0.227 e. The molecule has 4 rings (SSSR count). The maximum Gasteiger partial charge on any atom is 0.227 e. The third-order valence-corrected chi connectivity index (χ3v) is 5.15. The fraction of sp³-hybridized carbons (Fsp3) is 0.364. The summed E-state index contributed by atoms with van der Waals surface area (Å²) in [5.74, 6) is 1.57. The van der Waals surface area contributed by atoms with Gasteiger partial charge in [-0.2, -0.15) is 0 Å². The van der Waals surface area contributed by atoms with Crippen molar-refractivity contribution in [1.29, 1.82) is 0 Å². The monoisotopic (exact) mass is 380 g/mol. The van der Waals surface area contributed by atoms with E-state index >= 15 is 0 Å². The normalized spacial score (nSPS) is 15.6. The number of hydrogen-bond donors (Lipinski definition) is 2. The van der Waals surface area contributed by atoms with Crippen LogP contribution >= 0.6 is 0 Å². The number of amides is 2. The summed E-state index contributed by atoms with van der Waals surface area (Å²) in [6.45, 7) is 0. The molecular weight excluding hydrogens is 356 g/mol. The van der Waals surface area contributed by atoms with E-state index in [1.807, 2.05) is 36.4 Å². The third-order valence-electron chi connectivity index (χ3n) is 5.15. The van der Waals surface area contributed by atoms with Gasteiger partial charge in [-0.05, 0) is 61.1 Å². The van der Waals surface area contributed by atoms with Gasteiger partial charge in [0, 0.05) is 11.8 Å². The summed E-state index contributed by atoms with van der Waals surface area (Å²) in [7, 11) is 3.17. The first-order valence-electron chi connectivity index (χ1n) is 9.57. The summed E-state index contributed by atoms with van der Waals surface area (Å²) >= 11 is 0. The predicted molar refractivity (Wildman–Crippen MR) is 108 cm³/mol. The van der Waals surface area contributed by atoms with Crippen LogP contribution in [-0.2, 0) is 9.59 Å². The van der Waals surface area contributed by atoms with Crippen LogP contribution in [0.1, 0.15) is 25.7 Å². The molecule has 0 aliphatic heterocycles. The molecule has 0 bridgehead atoms. The van der Waals surface area contributed by atoms with E-state index in [2.05, 4.69) is 10.6 Å². The molecule has 2 fully saturated rings. The Hall–Kier alpha value is -3.02. The molecule has 2 saturated carbocycles. The highest BCUT2D eigenvalue weighted by Gasteiger charge is 2.31. The summed E-state index contributed by atoms with van der Waals surface area (Å²) in [5.41, 5.74) is 3.20. The molecule has 2 N–H and O–H groups in total. The topological polar surface area (TPSA) is 76.7 Å². The first-order chi connectivity index (χ1) is 13.6. The van der Waals surface area contributed by atoms with Crippen LogP contribution in [0.15, 0.2) is 36.4 Å². The predicted octanol–water partition coefficient (Wildman–Crippen LogP) is 4.07. The highest BCUT2D eigenvalue weighted by Crippen LogP contribution is 2.37. The number of methoxy groups -OCH3 is 2. The van der Waals surface area contributed by atoms with Crippen molar-refractivity contribution in [2.45, 2.75) is 25.7 Å². The number of nitrogens with one attached hydrogen (secondary N) is 2. The fourth-order valence-electron chi connectivity index (χ4n) is 3.11. The zero-order chi connectivity index (χ0) is 19.7. The van der Waals surface area contributed by atoms with Crippen molar-refractivity contribution in [2.75, 3.05) is 24.9 Å². The lowest BCUT2D eigenvalue weighted by atomic mass is 10.0. The molecule has 6 nitrogen and oxygen atoms in total. The maximum atomic E-state index is 12.0. The minimum Gasteiger partial charge on any atom is -0.495 e. The van der Waals surface area contributed by atoms with Gasteiger partial charge in [0.15, 0.2) is 0 Å². The van der Waals surface area contributed by atoms with E-state index < -0.39 is 0 Å². The number of rotatable bonds is 7. The van der Waals surface area contributed by atoms with Gasteiger partial charge in [0.05, 0.1) is 25.6 Å². The van der Waals surface area contributed by atoms with Crippen LogP contribution in [0.3, 0.4) is 0 Å². The summed E-state index contributed by atoms with van der Waals surface area (Å²) < 4.78 is 10.9. The van der Waals surface area contributed by atoms with E-state index in [0.717, 1.165) is 36.8 Å². The molecule has 2 aromatic rings. The molecule has 0 radical (unpaired) electrons. The Morgan fingerprint density at radius 2 is 1.14 bits per heavy atom. The van der Waals surface area contributed by atoms with Gasteiger partial charge in [0.1, 0.15) is 11.5 Å². The second-order valence-electron chi connectivity index (χ2n) is 7.36. The number of benzene rings is 2. The fourth-order valence-corrected chi connectivity index (χ4v) is 3.11. The van der Waals surface area contributed by atoms with Gasteiger partial charge < -0.3 is 20.1 Å². The van der Waals surface area contributed by atoms with Crippen LogP contribution in [-0.4, -0.2) is 26.0 Å². The minimum atomic E-state index is 0.0449. The molecule has 146 valence electrons. The highest BCUT2D eigenvalue weighted by atomic mass is 16.5. The molecule has 2 aliphatic rings. The molecule has 0 atom stereocenters. The van der Waals surface area contributed by atoms with Gasteiger partial charge >= 0.3 is 0 Å². The average molecular weight is 380 g/mol. The van der Waals surface area contributed by atoms with Crippen molar-refractivity contribution in [2.24, 2.45) is 11.8 Å². The first-order valence-corrected chi connectivity index (χ1v) is 9.57. The third kappa shape index (κ3) is 3.96. The molecule has 2 aliphatic carbocycles. The first kappa shape index (κ1) is 18.3. The molecule has 0 saturated heterocycles. The Balaban J connectivity index is 1.57. The van der Waals surface area contributed by atoms with Gasteiger partial charge in [-0.1, -0.05) is 12.1 Å². The van der Waals surface area contributed by atoms with Crippen LogP contribution in [0.2, 0.25) is 0 Å². The van der Waals surface area contributed by atoms with E-state index in [-0.39, 0.29) is 23.7 Å². The van der Waals surface area contributed by atoms with Gasteiger partial charge in [0.2, 0.25) is 11.8 Å². The van der Waals surface area contributed by atoms with Gasteiger partial charge in [-0.15, -0.1) is 0 Å². The van der Waals surface area contributed by atoms with E-state index in [1.165, 1.54) is 0 Å². The molecule has 0 spiro atoms. The summed E-state index contributed by atoms with van der Waals surface area (Å²) in [5, 5.41) is 5.87. The number of anilines is 2. The molecule has 0 aromatic heterocycles. The molecular formula is C22H24N2O4. The van der Waals surface area contributed by atoms with Crippen molar-refractivity contribution in [3.63, 3.8) is 0 Å². The van der Waals surface area contributed by atoms with Gasteiger partial charge in [-0.25, -0.2) is 0 Å². The van der Waals surface area contributed by atoms with E-state index in [4.69, 9.17) is 9.47 Å². The van der Waals surface area contributed by atoms with Crippen molar-refractivity contribution in [1.82, 2.24) is 0 Å². The summed E-state index contributed by atoms with van der Waals surface area (Å²) in [6.07, 6.45) is 3.82. The van der Waals surface area contributed by atoms with Crippen molar-refractivity contribution in [3.8, 4) is 22.6 Å². The van der Waals surface area contributed by atoms with Gasteiger partial charge in [-0.3, -0.25) is 9.59 Å². The zero-order valence-corrected chi connectivity index (χ0v) is 16.1.